The first-order valence-electron chi connectivity index (χ1n) is 5.83. The highest BCUT2D eigenvalue weighted by molar-refractivity contribution is 7.98. The number of unbranched alkanes of at least 4 members (excludes halogenated alkanes) is 1. The van der Waals surface area contributed by atoms with Gasteiger partial charge in [-0.3, -0.25) is 4.79 Å². The Labute approximate surface area is 102 Å². The number of carbonyl (C=O) groups excluding carboxylic acids is 1. The van der Waals surface area contributed by atoms with Crippen LogP contribution >= 0.6 is 11.8 Å². The minimum absolute atomic E-state index is 0.0581. The van der Waals surface area contributed by atoms with Crippen molar-refractivity contribution in [3.8, 4) is 6.07 Å². The highest BCUT2D eigenvalue weighted by atomic mass is 32.2. The molecule has 1 fully saturated rings. The van der Waals surface area contributed by atoms with Crippen LogP contribution in [0.1, 0.15) is 32.6 Å². The normalized spacial score (nSPS) is 27.9. The summed E-state index contributed by atoms with van der Waals surface area (Å²) >= 11 is 1.82. The van der Waals surface area contributed by atoms with Crippen molar-refractivity contribution in [2.45, 2.75) is 32.6 Å². The minimum atomic E-state index is -0.709. The molecule has 1 N–H and O–H groups in total. The van der Waals surface area contributed by atoms with Crippen molar-refractivity contribution in [2.75, 3.05) is 18.6 Å². The summed E-state index contributed by atoms with van der Waals surface area (Å²) in [6.45, 7) is 2.79. The molecule has 0 aromatic heterocycles. The molecule has 1 rings (SSSR count). The van der Waals surface area contributed by atoms with Crippen molar-refractivity contribution in [1.82, 2.24) is 5.32 Å². The fourth-order valence-corrected chi connectivity index (χ4v) is 2.69. The summed E-state index contributed by atoms with van der Waals surface area (Å²) < 4.78 is 0. The number of amides is 1. The van der Waals surface area contributed by atoms with Gasteiger partial charge >= 0.3 is 0 Å². The van der Waals surface area contributed by atoms with Crippen LogP contribution in [0.2, 0.25) is 0 Å². The molecule has 1 saturated carbocycles. The Bertz CT molecular complexity index is 279. The van der Waals surface area contributed by atoms with Crippen molar-refractivity contribution in [3.05, 3.63) is 0 Å². The lowest BCUT2D eigenvalue weighted by Gasteiger charge is -2.39. The molecule has 90 valence electrons. The van der Waals surface area contributed by atoms with Gasteiger partial charge < -0.3 is 5.32 Å². The monoisotopic (exact) mass is 240 g/mol. The third-order valence-corrected chi connectivity index (χ3v) is 3.80. The Balaban J connectivity index is 2.22. The van der Waals surface area contributed by atoms with Crippen LogP contribution in [0.3, 0.4) is 0 Å². The van der Waals surface area contributed by atoms with Crippen LogP contribution in [-0.2, 0) is 4.79 Å². The van der Waals surface area contributed by atoms with Crippen LogP contribution in [0.15, 0.2) is 0 Å². The van der Waals surface area contributed by atoms with Gasteiger partial charge in [-0.1, -0.05) is 6.92 Å². The van der Waals surface area contributed by atoms with Crippen LogP contribution in [0, 0.1) is 22.7 Å². The molecule has 16 heavy (non-hydrogen) atoms. The smallest absolute Gasteiger partial charge is 0.240 e. The van der Waals surface area contributed by atoms with Gasteiger partial charge in [-0.2, -0.15) is 17.0 Å². The second-order valence-electron chi connectivity index (χ2n) is 4.66. The number of carbonyl (C=O) groups is 1. The van der Waals surface area contributed by atoms with Crippen molar-refractivity contribution >= 4 is 17.7 Å². The van der Waals surface area contributed by atoms with Gasteiger partial charge in [-0.05, 0) is 43.6 Å². The van der Waals surface area contributed by atoms with Crippen LogP contribution < -0.4 is 5.32 Å². The average molecular weight is 240 g/mol. The van der Waals surface area contributed by atoms with Crippen molar-refractivity contribution < 1.29 is 4.79 Å². The van der Waals surface area contributed by atoms with Gasteiger partial charge in [0.1, 0.15) is 5.41 Å². The molecule has 0 aromatic carbocycles. The van der Waals surface area contributed by atoms with Gasteiger partial charge in [0.25, 0.3) is 0 Å². The van der Waals surface area contributed by atoms with Gasteiger partial charge in [-0.15, -0.1) is 0 Å². The van der Waals surface area contributed by atoms with E-state index < -0.39 is 5.41 Å². The van der Waals surface area contributed by atoms with Crippen LogP contribution in [-0.4, -0.2) is 24.5 Å². The summed E-state index contributed by atoms with van der Waals surface area (Å²) in [4.78, 5) is 11.8. The van der Waals surface area contributed by atoms with Crippen LogP contribution in [0.5, 0.6) is 0 Å². The fraction of sp³-hybridized carbons (Fsp3) is 0.833. The first-order chi connectivity index (χ1) is 7.64. The van der Waals surface area contributed by atoms with E-state index in [0.29, 0.717) is 12.5 Å². The fourth-order valence-electron chi connectivity index (χ4n) is 2.20. The zero-order valence-electron chi connectivity index (χ0n) is 10.1. The molecule has 0 aromatic rings. The van der Waals surface area contributed by atoms with E-state index in [4.69, 9.17) is 5.26 Å². The Morgan fingerprint density at radius 2 is 2.25 bits per heavy atom. The highest BCUT2D eigenvalue weighted by Crippen LogP contribution is 2.44. The third-order valence-electron chi connectivity index (χ3n) is 3.10. The summed E-state index contributed by atoms with van der Waals surface area (Å²) in [6, 6.07) is 2.18. The molecule has 3 nitrogen and oxygen atoms in total. The second-order valence-corrected chi connectivity index (χ2v) is 5.65. The average Bonchev–Trinajstić information content (AvgIpc) is 2.24. The summed E-state index contributed by atoms with van der Waals surface area (Å²) in [6.07, 6.45) is 5.65. The second kappa shape index (κ2) is 6.15. The van der Waals surface area contributed by atoms with E-state index >= 15 is 0 Å². The summed E-state index contributed by atoms with van der Waals surface area (Å²) in [5.41, 5.74) is -0.709. The molecule has 1 amide bonds. The van der Waals surface area contributed by atoms with Crippen LogP contribution in [0.25, 0.3) is 0 Å². The third kappa shape index (κ3) is 3.15. The molecule has 0 saturated heterocycles. The topological polar surface area (TPSA) is 52.9 Å². The van der Waals surface area contributed by atoms with E-state index in [1.165, 1.54) is 0 Å². The van der Waals surface area contributed by atoms with Gasteiger partial charge in [0.05, 0.1) is 6.07 Å². The maximum Gasteiger partial charge on any atom is 0.240 e. The maximum atomic E-state index is 11.8. The van der Waals surface area contributed by atoms with Crippen LogP contribution in [0.4, 0.5) is 0 Å². The van der Waals surface area contributed by atoms with E-state index in [0.717, 1.165) is 31.4 Å². The number of hydrogen-bond donors (Lipinski definition) is 1. The molecule has 1 aliphatic rings. The Morgan fingerprint density at radius 3 is 2.75 bits per heavy atom. The van der Waals surface area contributed by atoms with E-state index in [1.807, 2.05) is 11.8 Å². The lowest BCUT2D eigenvalue weighted by Crippen LogP contribution is -2.48. The zero-order valence-corrected chi connectivity index (χ0v) is 10.9. The maximum absolute atomic E-state index is 11.8. The molecule has 0 atom stereocenters. The predicted octanol–water partition coefficient (Wildman–Crippen LogP) is 2.19. The van der Waals surface area contributed by atoms with Gasteiger partial charge in [-0.25, -0.2) is 0 Å². The molecule has 0 heterocycles. The molecule has 0 spiro atoms. The lowest BCUT2D eigenvalue weighted by atomic mass is 9.63. The first kappa shape index (κ1) is 13.4. The molecule has 0 unspecified atom stereocenters. The van der Waals surface area contributed by atoms with Gasteiger partial charge in [0, 0.05) is 6.54 Å². The minimum Gasteiger partial charge on any atom is -0.355 e. The quantitative estimate of drug-likeness (QED) is 0.724. The SMILES string of the molecule is CSCCCCNC(=O)C1(C#N)CC(C)C1. The predicted molar refractivity (Wildman–Crippen MR) is 67.1 cm³/mol. The number of nitrogens with one attached hydrogen (secondary N) is 1. The summed E-state index contributed by atoms with van der Waals surface area (Å²) in [5, 5.41) is 11.9. The Morgan fingerprint density at radius 1 is 1.56 bits per heavy atom. The summed E-state index contributed by atoms with van der Waals surface area (Å²) in [7, 11) is 0. The molecule has 0 bridgehead atoms. The number of nitriles is 1. The molecule has 0 aliphatic heterocycles. The van der Waals surface area contributed by atoms with Crippen molar-refractivity contribution in [3.63, 3.8) is 0 Å². The number of rotatable bonds is 6. The van der Waals surface area contributed by atoms with E-state index in [9.17, 15) is 4.79 Å². The Hall–Kier alpha value is -0.690. The number of nitrogens with zero attached hydrogens (tertiary/aromatic N) is 1. The lowest BCUT2D eigenvalue weighted by molar-refractivity contribution is -0.133. The highest BCUT2D eigenvalue weighted by Gasteiger charge is 2.48. The zero-order chi connectivity index (χ0) is 12.0. The van der Waals surface area contributed by atoms with Gasteiger partial charge in [0.15, 0.2) is 0 Å². The van der Waals surface area contributed by atoms with E-state index in [1.54, 1.807) is 0 Å². The largest absolute Gasteiger partial charge is 0.355 e. The van der Waals surface area contributed by atoms with Gasteiger partial charge in [0.2, 0.25) is 5.91 Å². The van der Waals surface area contributed by atoms with E-state index in [-0.39, 0.29) is 5.91 Å². The molecule has 4 heteroatoms. The summed E-state index contributed by atoms with van der Waals surface area (Å²) in [5.74, 6) is 1.59. The van der Waals surface area contributed by atoms with Crippen molar-refractivity contribution in [1.29, 1.82) is 5.26 Å². The van der Waals surface area contributed by atoms with E-state index in [2.05, 4.69) is 24.6 Å². The molecule has 1 aliphatic carbocycles. The molecular weight excluding hydrogens is 220 g/mol. The molecule has 0 radical (unpaired) electrons. The number of thioether (sulfide) groups is 1. The molecular formula is C12H20N2OS. The number of hydrogen-bond acceptors (Lipinski definition) is 3. The first-order valence-corrected chi connectivity index (χ1v) is 7.22. The standard InChI is InChI=1S/C12H20N2OS/c1-10-7-12(8-10,9-13)11(15)14-5-3-4-6-16-2/h10H,3-8H2,1-2H3,(H,14,15). The van der Waals surface area contributed by atoms with Crippen molar-refractivity contribution in [2.24, 2.45) is 11.3 Å². The Kier molecular flexibility index (Phi) is 5.14.